The Labute approximate surface area is 211 Å². The lowest BCUT2D eigenvalue weighted by molar-refractivity contribution is -0.135. The zero-order valence-corrected chi connectivity index (χ0v) is 20.9. The third-order valence-electron chi connectivity index (χ3n) is 7.31. The second-order valence-corrected chi connectivity index (χ2v) is 10.0. The standard InChI is InChI=1S/C26H32ClN5O3/c1-2-20-5-3-4-10-32(20)23(33)16-31-15-18-7-6-17(13-21(18)25(31)34)24-22(27)14-28-26(30-24)29-19-8-11-35-12-9-19/h6-7,13-14,19-20H,2-5,8-12,15-16H2,1H3,(H,28,29,30). The summed E-state index contributed by atoms with van der Waals surface area (Å²) < 4.78 is 5.42. The predicted octanol–water partition coefficient (Wildman–Crippen LogP) is 4.13. The first-order valence-electron chi connectivity index (χ1n) is 12.6. The van der Waals surface area contributed by atoms with Crippen molar-refractivity contribution >= 4 is 29.4 Å². The van der Waals surface area contributed by atoms with Crippen molar-refractivity contribution in [2.45, 2.75) is 64.1 Å². The Morgan fingerprint density at radius 3 is 2.86 bits per heavy atom. The molecule has 4 heterocycles. The van der Waals surface area contributed by atoms with Gasteiger partial charge in [-0.15, -0.1) is 0 Å². The van der Waals surface area contributed by atoms with Crippen molar-refractivity contribution in [3.8, 4) is 11.3 Å². The normalized spacial score (nSPS) is 20.7. The first-order chi connectivity index (χ1) is 17.0. The van der Waals surface area contributed by atoms with E-state index in [2.05, 4.69) is 22.2 Å². The molecule has 1 atom stereocenters. The molecule has 1 N–H and O–H groups in total. The van der Waals surface area contributed by atoms with Crippen LogP contribution in [-0.2, 0) is 16.1 Å². The van der Waals surface area contributed by atoms with Crippen LogP contribution >= 0.6 is 11.6 Å². The molecule has 8 nitrogen and oxygen atoms in total. The zero-order chi connectivity index (χ0) is 24.4. The molecule has 1 aromatic carbocycles. The molecule has 0 radical (unpaired) electrons. The van der Waals surface area contributed by atoms with Crippen LogP contribution in [0.25, 0.3) is 11.3 Å². The fourth-order valence-electron chi connectivity index (χ4n) is 5.31. The number of likely N-dealkylation sites (tertiary alicyclic amines) is 1. The number of piperidine rings is 1. The monoisotopic (exact) mass is 497 g/mol. The van der Waals surface area contributed by atoms with E-state index < -0.39 is 0 Å². The second kappa shape index (κ2) is 10.5. The summed E-state index contributed by atoms with van der Waals surface area (Å²) in [6.07, 6.45) is 7.59. The Morgan fingerprint density at radius 2 is 2.06 bits per heavy atom. The summed E-state index contributed by atoms with van der Waals surface area (Å²) >= 11 is 6.45. The molecule has 0 aliphatic carbocycles. The smallest absolute Gasteiger partial charge is 0.254 e. The van der Waals surface area contributed by atoms with Crippen molar-refractivity contribution in [2.24, 2.45) is 0 Å². The summed E-state index contributed by atoms with van der Waals surface area (Å²) in [6, 6.07) is 6.25. The van der Waals surface area contributed by atoms with Gasteiger partial charge in [0.2, 0.25) is 11.9 Å². The number of nitrogens with zero attached hydrogens (tertiary/aromatic N) is 4. The van der Waals surface area contributed by atoms with E-state index in [1.807, 2.05) is 23.1 Å². The summed E-state index contributed by atoms with van der Waals surface area (Å²) in [5.74, 6) is 0.439. The van der Waals surface area contributed by atoms with E-state index in [0.717, 1.165) is 69.4 Å². The van der Waals surface area contributed by atoms with Crippen LogP contribution in [0, 0.1) is 0 Å². The molecule has 186 valence electrons. The number of benzene rings is 1. The zero-order valence-electron chi connectivity index (χ0n) is 20.1. The van der Waals surface area contributed by atoms with Gasteiger partial charge in [0, 0.05) is 49.5 Å². The molecule has 1 aromatic heterocycles. The Morgan fingerprint density at radius 1 is 1.23 bits per heavy atom. The number of aromatic nitrogens is 2. The molecule has 0 bridgehead atoms. The SMILES string of the molecule is CCC1CCCCN1C(=O)CN1Cc2ccc(-c3nc(NC4CCOCC4)ncc3Cl)cc2C1=O. The van der Waals surface area contributed by atoms with Crippen molar-refractivity contribution in [3.63, 3.8) is 0 Å². The van der Waals surface area contributed by atoms with Gasteiger partial charge in [-0.1, -0.05) is 30.7 Å². The molecule has 0 saturated carbocycles. The van der Waals surface area contributed by atoms with Gasteiger partial charge < -0.3 is 19.9 Å². The number of rotatable bonds is 6. The first kappa shape index (κ1) is 24.0. The minimum absolute atomic E-state index is 0.0422. The molecule has 2 saturated heterocycles. The highest BCUT2D eigenvalue weighted by atomic mass is 35.5. The lowest BCUT2D eigenvalue weighted by Gasteiger charge is -2.36. The summed E-state index contributed by atoms with van der Waals surface area (Å²) in [5.41, 5.74) is 2.87. The number of halogens is 1. The first-order valence-corrected chi connectivity index (χ1v) is 13.0. The van der Waals surface area contributed by atoms with Gasteiger partial charge in [-0.3, -0.25) is 9.59 Å². The Hall–Kier alpha value is -2.71. The quantitative estimate of drug-likeness (QED) is 0.645. The van der Waals surface area contributed by atoms with Crippen molar-refractivity contribution in [1.29, 1.82) is 0 Å². The van der Waals surface area contributed by atoms with E-state index in [4.69, 9.17) is 16.3 Å². The highest BCUT2D eigenvalue weighted by Gasteiger charge is 2.33. The Kier molecular flexibility index (Phi) is 7.20. The maximum Gasteiger partial charge on any atom is 0.254 e. The van der Waals surface area contributed by atoms with Crippen LogP contribution in [0.2, 0.25) is 5.02 Å². The van der Waals surface area contributed by atoms with Crippen molar-refractivity contribution in [1.82, 2.24) is 19.8 Å². The van der Waals surface area contributed by atoms with Gasteiger partial charge in [0.25, 0.3) is 5.91 Å². The summed E-state index contributed by atoms with van der Waals surface area (Å²) in [5, 5.41) is 3.80. The maximum absolute atomic E-state index is 13.2. The van der Waals surface area contributed by atoms with Gasteiger partial charge in [-0.05, 0) is 50.2 Å². The maximum atomic E-state index is 13.2. The number of amides is 2. The number of anilines is 1. The number of carbonyl (C=O) groups excluding carboxylic acids is 2. The van der Waals surface area contributed by atoms with Gasteiger partial charge in [0.05, 0.1) is 16.9 Å². The molecular weight excluding hydrogens is 466 g/mol. The van der Waals surface area contributed by atoms with E-state index in [1.165, 1.54) is 0 Å². The van der Waals surface area contributed by atoms with Gasteiger partial charge in [-0.2, -0.15) is 0 Å². The van der Waals surface area contributed by atoms with Crippen LogP contribution in [0.15, 0.2) is 24.4 Å². The average Bonchev–Trinajstić information content (AvgIpc) is 3.20. The molecule has 1 unspecified atom stereocenters. The van der Waals surface area contributed by atoms with Crippen LogP contribution in [0.5, 0.6) is 0 Å². The van der Waals surface area contributed by atoms with Gasteiger partial charge in [0.1, 0.15) is 6.54 Å². The molecule has 9 heteroatoms. The topological polar surface area (TPSA) is 87.7 Å². The fourth-order valence-corrected chi connectivity index (χ4v) is 5.51. The third-order valence-corrected chi connectivity index (χ3v) is 7.58. The number of fused-ring (bicyclic) bond motifs is 1. The summed E-state index contributed by atoms with van der Waals surface area (Å²) in [6.45, 7) is 4.91. The Balaban J connectivity index is 1.31. The number of nitrogens with one attached hydrogen (secondary N) is 1. The van der Waals surface area contributed by atoms with Crippen LogP contribution in [0.4, 0.5) is 5.95 Å². The van der Waals surface area contributed by atoms with E-state index in [0.29, 0.717) is 28.8 Å². The fraction of sp³-hybridized carbons (Fsp3) is 0.538. The van der Waals surface area contributed by atoms with Crippen LogP contribution in [0.3, 0.4) is 0 Å². The molecule has 3 aliphatic heterocycles. The lowest BCUT2D eigenvalue weighted by atomic mass is 10.00. The van der Waals surface area contributed by atoms with Crippen molar-refractivity contribution in [2.75, 3.05) is 31.6 Å². The summed E-state index contributed by atoms with van der Waals surface area (Å²) in [4.78, 5) is 38.9. The molecule has 3 aliphatic rings. The van der Waals surface area contributed by atoms with E-state index in [1.54, 1.807) is 11.1 Å². The van der Waals surface area contributed by atoms with E-state index in [9.17, 15) is 9.59 Å². The number of hydrogen-bond acceptors (Lipinski definition) is 6. The number of ether oxygens (including phenoxy) is 1. The minimum Gasteiger partial charge on any atom is -0.381 e. The van der Waals surface area contributed by atoms with Crippen LogP contribution in [0.1, 0.15) is 61.4 Å². The summed E-state index contributed by atoms with van der Waals surface area (Å²) in [7, 11) is 0. The molecule has 2 amide bonds. The third kappa shape index (κ3) is 5.14. The Bertz CT molecular complexity index is 1100. The van der Waals surface area contributed by atoms with Crippen molar-refractivity contribution in [3.05, 3.63) is 40.5 Å². The molecule has 0 spiro atoms. The second-order valence-electron chi connectivity index (χ2n) is 9.60. The van der Waals surface area contributed by atoms with Gasteiger partial charge in [-0.25, -0.2) is 9.97 Å². The average molecular weight is 498 g/mol. The van der Waals surface area contributed by atoms with Crippen LogP contribution < -0.4 is 5.32 Å². The largest absolute Gasteiger partial charge is 0.381 e. The van der Waals surface area contributed by atoms with Crippen molar-refractivity contribution < 1.29 is 14.3 Å². The van der Waals surface area contributed by atoms with E-state index in [-0.39, 0.29) is 30.4 Å². The minimum atomic E-state index is -0.119. The number of hydrogen-bond donors (Lipinski definition) is 1. The highest BCUT2D eigenvalue weighted by Crippen LogP contribution is 2.32. The van der Waals surface area contributed by atoms with E-state index >= 15 is 0 Å². The highest BCUT2D eigenvalue weighted by molar-refractivity contribution is 6.33. The molecule has 35 heavy (non-hydrogen) atoms. The molecule has 2 aromatic rings. The van der Waals surface area contributed by atoms with Gasteiger partial charge >= 0.3 is 0 Å². The number of carbonyl (C=O) groups is 2. The predicted molar refractivity (Wildman–Crippen MR) is 134 cm³/mol. The van der Waals surface area contributed by atoms with Gasteiger partial charge in [0.15, 0.2) is 0 Å². The molecule has 5 rings (SSSR count). The molecule has 2 fully saturated rings. The lowest BCUT2D eigenvalue weighted by Crippen LogP contribution is -2.47. The van der Waals surface area contributed by atoms with Crippen LogP contribution in [-0.4, -0.2) is 70.0 Å². The molecular formula is C26H32ClN5O3.